The van der Waals surface area contributed by atoms with Crippen molar-refractivity contribution in [1.82, 2.24) is 20.1 Å². The van der Waals surface area contributed by atoms with Gasteiger partial charge in [0.1, 0.15) is 5.82 Å². The third-order valence-corrected chi connectivity index (χ3v) is 4.94. The van der Waals surface area contributed by atoms with Gasteiger partial charge in [-0.2, -0.15) is 5.10 Å². The fourth-order valence-corrected chi connectivity index (χ4v) is 3.34. The van der Waals surface area contributed by atoms with E-state index in [1.165, 1.54) is 12.3 Å². The molecule has 3 aromatic rings. The van der Waals surface area contributed by atoms with E-state index in [1.807, 2.05) is 36.1 Å². The molecule has 7 nitrogen and oxygen atoms in total. The summed E-state index contributed by atoms with van der Waals surface area (Å²) < 4.78 is 21.4. The zero-order valence-electron chi connectivity index (χ0n) is 16.1. The van der Waals surface area contributed by atoms with E-state index in [4.69, 9.17) is 4.74 Å². The third-order valence-electron chi connectivity index (χ3n) is 4.94. The number of pyridine rings is 1. The zero-order chi connectivity index (χ0) is 20.2. The molecule has 0 bridgehead atoms. The van der Waals surface area contributed by atoms with E-state index in [-0.39, 0.29) is 18.3 Å². The summed E-state index contributed by atoms with van der Waals surface area (Å²) in [5.74, 6) is 0.0879. The molecule has 4 rings (SSSR count). The van der Waals surface area contributed by atoms with E-state index in [0.717, 1.165) is 0 Å². The Morgan fingerprint density at radius 3 is 2.79 bits per heavy atom. The minimum absolute atomic E-state index is 0.230. The minimum Gasteiger partial charge on any atom is -0.378 e. The van der Waals surface area contributed by atoms with E-state index in [1.54, 1.807) is 16.9 Å². The molecule has 0 aliphatic carbocycles. The largest absolute Gasteiger partial charge is 0.378 e. The number of carbonyl (C=O) groups excluding carboxylic acids is 1. The number of hydrogen-bond donors (Lipinski definition) is 1. The fourth-order valence-electron chi connectivity index (χ4n) is 3.34. The highest BCUT2D eigenvalue weighted by molar-refractivity contribution is 5.95. The number of carbonyl (C=O) groups is 1. The first-order chi connectivity index (χ1) is 14.1. The summed E-state index contributed by atoms with van der Waals surface area (Å²) in [7, 11) is 0. The average molecular weight is 395 g/mol. The number of nitrogens with one attached hydrogen (secondary N) is 1. The first-order valence-corrected chi connectivity index (χ1v) is 9.49. The van der Waals surface area contributed by atoms with Crippen LogP contribution in [0.2, 0.25) is 0 Å². The van der Waals surface area contributed by atoms with Gasteiger partial charge in [-0.15, -0.1) is 0 Å². The normalized spacial score (nSPS) is 14.1. The smallest absolute Gasteiger partial charge is 0.255 e. The molecule has 2 aromatic heterocycles. The lowest BCUT2D eigenvalue weighted by molar-refractivity contribution is 0.0950. The van der Waals surface area contributed by atoms with Crippen LogP contribution in [0.15, 0.2) is 48.8 Å². The molecule has 0 atom stereocenters. The number of morpholine rings is 1. The first kappa shape index (κ1) is 19.1. The van der Waals surface area contributed by atoms with Crippen LogP contribution in [0.25, 0.3) is 5.82 Å². The number of halogens is 1. The van der Waals surface area contributed by atoms with Gasteiger partial charge < -0.3 is 15.0 Å². The Morgan fingerprint density at radius 2 is 2.07 bits per heavy atom. The number of hydrogen-bond acceptors (Lipinski definition) is 5. The average Bonchev–Trinajstić information content (AvgIpc) is 3.15. The van der Waals surface area contributed by atoms with Crippen LogP contribution in [0.4, 0.5) is 10.1 Å². The molecule has 1 saturated heterocycles. The van der Waals surface area contributed by atoms with Gasteiger partial charge in [0.25, 0.3) is 5.91 Å². The second-order valence-corrected chi connectivity index (χ2v) is 6.81. The molecule has 1 amide bonds. The summed E-state index contributed by atoms with van der Waals surface area (Å²) in [5.41, 5.74) is 2.41. The predicted molar refractivity (Wildman–Crippen MR) is 107 cm³/mol. The standard InChI is InChI=1S/C21H22FN5O2/c1-15-17(14-25-27(15)20-4-2-3-7-23-20)21(28)24-13-16-5-6-19(18(22)12-16)26-8-10-29-11-9-26/h2-7,12,14H,8-11,13H2,1H3,(H,24,28). The van der Waals surface area contributed by atoms with Gasteiger partial charge in [0.2, 0.25) is 0 Å². The number of amides is 1. The van der Waals surface area contributed by atoms with Crippen LogP contribution in [-0.4, -0.2) is 47.0 Å². The molecule has 1 aliphatic rings. The van der Waals surface area contributed by atoms with Gasteiger partial charge in [-0.05, 0) is 36.8 Å². The summed E-state index contributed by atoms with van der Waals surface area (Å²) in [5, 5.41) is 7.09. The van der Waals surface area contributed by atoms with Crippen LogP contribution in [-0.2, 0) is 11.3 Å². The lowest BCUT2D eigenvalue weighted by Gasteiger charge is -2.29. The number of nitrogens with zero attached hydrogens (tertiary/aromatic N) is 4. The van der Waals surface area contributed by atoms with Gasteiger partial charge >= 0.3 is 0 Å². The minimum atomic E-state index is -0.294. The number of anilines is 1. The Bertz CT molecular complexity index is 1000. The Kier molecular flexibility index (Phi) is 5.53. The summed E-state index contributed by atoms with van der Waals surface area (Å²) in [6.45, 7) is 4.59. The van der Waals surface area contributed by atoms with E-state index < -0.39 is 0 Å². The number of benzene rings is 1. The molecule has 0 radical (unpaired) electrons. The molecule has 0 saturated carbocycles. The second kappa shape index (κ2) is 8.40. The molecule has 1 aliphatic heterocycles. The maximum Gasteiger partial charge on any atom is 0.255 e. The second-order valence-electron chi connectivity index (χ2n) is 6.81. The van der Waals surface area contributed by atoms with Crippen LogP contribution < -0.4 is 10.2 Å². The number of aromatic nitrogens is 3. The van der Waals surface area contributed by atoms with Crippen molar-refractivity contribution in [2.24, 2.45) is 0 Å². The highest BCUT2D eigenvalue weighted by Gasteiger charge is 2.17. The van der Waals surface area contributed by atoms with E-state index in [9.17, 15) is 9.18 Å². The quantitative estimate of drug-likeness (QED) is 0.719. The van der Waals surface area contributed by atoms with E-state index >= 15 is 0 Å². The van der Waals surface area contributed by atoms with Crippen molar-refractivity contribution in [1.29, 1.82) is 0 Å². The van der Waals surface area contributed by atoms with Gasteiger partial charge in [-0.1, -0.05) is 12.1 Å². The molecule has 29 heavy (non-hydrogen) atoms. The zero-order valence-corrected chi connectivity index (χ0v) is 16.1. The van der Waals surface area contributed by atoms with Crippen molar-refractivity contribution in [3.05, 3.63) is 71.4 Å². The summed E-state index contributed by atoms with van der Waals surface area (Å²) in [6.07, 6.45) is 3.19. The monoisotopic (exact) mass is 395 g/mol. The SMILES string of the molecule is Cc1c(C(=O)NCc2ccc(N3CCOCC3)c(F)c2)cnn1-c1ccccn1. The molecular formula is C21H22FN5O2. The lowest BCUT2D eigenvalue weighted by Crippen LogP contribution is -2.36. The first-order valence-electron chi connectivity index (χ1n) is 9.49. The highest BCUT2D eigenvalue weighted by Crippen LogP contribution is 2.21. The van der Waals surface area contributed by atoms with Gasteiger partial charge in [0.05, 0.1) is 36.4 Å². The maximum absolute atomic E-state index is 14.5. The van der Waals surface area contributed by atoms with Crippen LogP contribution in [0.3, 0.4) is 0 Å². The third kappa shape index (κ3) is 4.12. The lowest BCUT2D eigenvalue weighted by atomic mass is 10.1. The summed E-state index contributed by atoms with van der Waals surface area (Å²) >= 11 is 0. The molecule has 8 heteroatoms. The Balaban J connectivity index is 1.42. The van der Waals surface area contributed by atoms with Gasteiger partial charge in [-0.25, -0.2) is 14.1 Å². The molecule has 1 fully saturated rings. The molecule has 150 valence electrons. The van der Waals surface area contributed by atoms with Crippen LogP contribution in [0.5, 0.6) is 0 Å². The van der Waals surface area contributed by atoms with Crippen molar-refractivity contribution in [2.45, 2.75) is 13.5 Å². The molecule has 0 spiro atoms. The van der Waals surface area contributed by atoms with Crippen molar-refractivity contribution in [3.63, 3.8) is 0 Å². The highest BCUT2D eigenvalue weighted by atomic mass is 19.1. The van der Waals surface area contributed by atoms with Crippen molar-refractivity contribution in [3.8, 4) is 5.82 Å². The Morgan fingerprint density at radius 1 is 1.24 bits per heavy atom. The van der Waals surface area contributed by atoms with E-state index in [2.05, 4.69) is 15.4 Å². The molecule has 0 unspecified atom stereocenters. The predicted octanol–water partition coefficient (Wildman–Crippen LogP) is 2.48. The maximum atomic E-state index is 14.5. The summed E-state index contributed by atoms with van der Waals surface area (Å²) in [4.78, 5) is 18.8. The van der Waals surface area contributed by atoms with Gasteiger partial charge in [0.15, 0.2) is 5.82 Å². The molecular weight excluding hydrogens is 373 g/mol. The van der Waals surface area contributed by atoms with Crippen molar-refractivity contribution < 1.29 is 13.9 Å². The van der Waals surface area contributed by atoms with Crippen molar-refractivity contribution in [2.75, 3.05) is 31.2 Å². The van der Waals surface area contributed by atoms with Crippen LogP contribution in [0.1, 0.15) is 21.6 Å². The number of ether oxygens (including phenoxy) is 1. The fraction of sp³-hybridized carbons (Fsp3) is 0.286. The topological polar surface area (TPSA) is 72.3 Å². The Hall–Kier alpha value is -3.26. The van der Waals surface area contributed by atoms with Crippen LogP contribution in [0, 0.1) is 12.7 Å². The number of rotatable bonds is 5. The van der Waals surface area contributed by atoms with Gasteiger partial charge in [0, 0.05) is 25.8 Å². The van der Waals surface area contributed by atoms with Crippen LogP contribution >= 0.6 is 0 Å². The van der Waals surface area contributed by atoms with Crippen molar-refractivity contribution >= 4 is 11.6 Å². The summed E-state index contributed by atoms with van der Waals surface area (Å²) in [6, 6.07) is 10.6. The molecule has 3 heterocycles. The van der Waals surface area contributed by atoms with E-state index in [0.29, 0.717) is 54.6 Å². The Labute approximate surface area is 168 Å². The molecule has 1 N–H and O–H groups in total. The molecule has 1 aromatic carbocycles. The van der Waals surface area contributed by atoms with Gasteiger partial charge in [-0.3, -0.25) is 4.79 Å².